The van der Waals surface area contributed by atoms with E-state index in [0.29, 0.717) is 6.54 Å². The van der Waals surface area contributed by atoms with Gasteiger partial charge in [-0.15, -0.1) is 0 Å². The topological polar surface area (TPSA) is 49.3 Å². The number of hydrogen-bond acceptors (Lipinski definition) is 4. The summed E-state index contributed by atoms with van der Waals surface area (Å²) in [6, 6.07) is 24.5. The van der Waals surface area contributed by atoms with Crippen molar-refractivity contribution in [1.82, 2.24) is 14.9 Å². The maximum absolute atomic E-state index is 12.6. The van der Waals surface area contributed by atoms with E-state index < -0.39 is 0 Å². The molecule has 0 aliphatic carbocycles. The number of amides is 1. The van der Waals surface area contributed by atoms with Gasteiger partial charge in [0, 0.05) is 38.1 Å². The molecule has 1 amide bonds. The highest BCUT2D eigenvalue weighted by Crippen LogP contribution is 2.29. The maximum Gasteiger partial charge on any atom is 0.246 e. The smallest absolute Gasteiger partial charge is 0.246 e. The van der Waals surface area contributed by atoms with Crippen LogP contribution in [-0.2, 0) is 11.3 Å². The molecule has 0 aliphatic rings. The van der Waals surface area contributed by atoms with Crippen LogP contribution in [0.3, 0.4) is 0 Å². The highest BCUT2D eigenvalue weighted by Gasteiger charge is 2.12. The van der Waals surface area contributed by atoms with Crippen LogP contribution in [0, 0.1) is 0 Å². The van der Waals surface area contributed by atoms with Crippen LogP contribution in [0.2, 0.25) is 0 Å². The number of aromatic nitrogens is 2. The maximum atomic E-state index is 12.6. The molecule has 0 fully saturated rings. The number of benzene rings is 3. The van der Waals surface area contributed by atoms with Gasteiger partial charge in [-0.05, 0) is 60.4 Å². The molecule has 0 bridgehead atoms. The summed E-state index contributed by atoms with van der Waals surface area (Å²) in [6.45, 7) is 6.59. The van der Waals surface area contributed by atoms with E-state index in [2.05, 4.69) is 65.1 Å². The van der Waals surface area contributed by atoms with Gasteiger partial charge in [0.2, 0.25) is 5.91 Å². The molecule has 0 radical (unpaired) electrons. The van der Waals surface area contributed by atoms with Crippen molar-refractivity contribution in [3.8, 4) is 11.1 Å². The lowest BCUT2D eigenvalue weighted by Gasteiger charge is -2.21. The Hall–Kier alpha value is -3.99. The van der Waals surface area contributed by atoms with Gasteiger partial charge in [-0.3, -0.25) is 4.79 Å². The quantitative estimate of drug-likeness (QED) is 0.318. The first-order chi connectivity index (χ1) is 16.6. The van der Waals surface area contributed by atoms with Crippen LogP contribution >= 0.6 is 0 Å². The average molecular weight is 451 g/mol. The molecule has 0 N–H and O–H groups in total. The predicted molar refractivity (Wildman–Crippen MR) is 140 cm³/mol. The predicted octanol–water partition coefficient (Wildman–Crippen LogP) is 5.81. The summed E-state index contributed by atoms with van der Waals surface area (Å²) in [5.74, 6) is 0.935. The Morgan fingerprint density at radius 1 is 0.882 bits per heavy atom. The fraction of sp³-hybridized carbons (Fsp3) is 0.207. The minimum atomic E-state index is -0.0269. The SMILES string of the molecule is CCN(CC)c1ncnc2ccc(-c3cccc(CN(C)C(=O)C=Cc4ccccc4)c3)cc12. The van der Waals surface area contributed by atoms with E-state index in [0.717, 1.165) is 52.1 Å². The summed E-state index contributed by atoms with van der Waals surface area (Å²) in [7, 11) is 1.83. The molecular formula is C29H30N4O. The van der Waals surface area contributed by atoms with Crippen molar-refractivity contribution in [2.45, 2.75) is 20.4 Å². The van der Waals surface area contributed by atoms with Gasteiger partial charge in [-0.25, -0.2) is 9.97 Å². The zero-order valence-corrected chi connectivity index (χ0v) is 20.0. The van der Waals surface area contributed by atoms with Crippen molar-refractivity contribution < 1.29 is 4.79 Å². The highest BCUT2D eigenvalue weighted by atomic mass is 16.2. The lowest BCUT2D eigenvalue weighted by molar-refractivity contribution is -0.125. The molecule has 0 atom stereocenters. The van der Waals surface area contributed by atoms with Gasteiger partial charge in [-0.2, -0.15) is 0 Å². The van der Waals surface area contributed by atoms with Crippen LogP contribution < -0.4 is 4.90 Å². The molecule has 34 heavy (non-hydrogen) atoms. The molecule has 4 rings (SSSR count). The third-order valence-electron chi connectivity index (χ3n) is 5.95. The van der Waals surface area contributed by atoms with Crippen molar-refractivity contribution in [2.75, 3.05) is 25.0 Å². The van der Waals surface area contributed by atoms with Gasteiger partial charge in [0.1, 0.15) is 12.1 Å². The van der Waals surface area contributed by atoms with Gasteiger partial charge in [0.05, 0.1) is 5.52 Å². The molecule has 5 nitrogen and oxygen atoms in total. The van der Waals surface area contributed by atoms with Crippen LogP contribution in [0.25, 0.3) is 28.1 Å². The van der Waals surface area contributed by atoms with Gasteiger partial charge in [0.25, 0.3) is 0 Å². The molecule has 0 saturated carbocycles. The molecular weight excluding hydrogens is 420 g/mol. The van der Waals surface area contributed by atoms with Gasteiger partial charge < -0.3 is 9.80 Å². The Morgan fingerprint density at radius 3 is 2.41 bits per heavy atom. The summed E-state index contributed by atoms with van der Waals surface area (Å²) in [4.78, 5) is 25.6. The largest absolute Gasteiger partial charge is 0.357 e. The second kappa shape index (κ2) is 10.8. The standard InChI is InChI=1S/C29H30N4O/c1-4-33(5-2)29-26-19-25(15-16-27(26)30-21-31-29)24-13-9-12-23(18-24)20-32(3)28(34)17-14-22-10-7-6-8-11-22/h6-19,21H,4-5,20H2,1-3H3. The molecule has 0 aliphatic heterocycles. The molecule has 4 aromatic rings. The second-order valence-corrected chi connectivity index (χ2v) is 8.24. The fourth-order valence-corrected chi connectivity index (χ4v) is 4.06. The van der Waals surface area contributed by atoms with Crippen LogP contribution in [0.5, 0.6) is 0 Å². The average Bonchev–Trinajstić information content (AvgIpc) is 2.88. The molecule has 0 saturated heterocycles. The monoisotopic (exact) mass is 450 g/mol. The van der Waals surface area contributed by atoms with Crippen LogP contribution in [0.4, 0.5) is 5.82 Å². The normalized spacial score (nSPS) is 11.1. The number of nitrogens with zero attached hydrogens (tertiary/aromatic N) is 4. The molecule has 5 heteroatoms. The number of rotatable bonds is 8. The van der Waals surface area contributed by atoms with Crippen molar-refractivity contribution >= 4 is 28.7 Å². The Labute approximate surface area is 201 Å². The minimum Gasteiger partial charge on any atom is -0.357 e. The Balaban J connectivity index is 1.55. The van der Waals surface area contributed by atoms with E-state index in [1.165, 1.54) is 0 Å². The zero-order chi connectivity index (χ0) is 23.9. The summed E-state index contributed by atoms with van der Waals surface area (Å²) in [6.07, 6.45) is 5.10. The molecule has 0 spiro atoms. The van der Waals surface area contributed by atoms with Crippen LogP contribution in [-0.4, -0.2) is 40.9 Å². The van der Waals surface area contributed by atoms with Crippen molar-refractivity contribution in [3.05, 3.63) is 96.3 Å². The first-order valence-corrected chi connectivity index (χ1v) is 11.7. The number of carbonyl (C=O) groups excluding carboxylic acids is 1. The van der Waals surface area contributed by atoms with Crippen LogP contribution in [0.1, 0.15) is 25.0 Å². The van der Waals surface area contributed by atoms with E-state index in [4.69, 9.17) is 0 Å². The number of fused-ring (bicyclic) bond motifs is 1. The number of anilines is 1. The van der Waals surface area contributed by atoms with Gasteiger partial charge in [0.15, 0.2) is 0 Å². The second-order valence-electron chi connectivity index (χ2n) is 8.24. The van der Waals surface area contributed by atoms with E-state index in [1.807, 2.05) is 49.5 Å². The minimum absolute atomic E-state index is 0.0269. The summed E-state index contributed by atoms with van der Waals surface area (Å²) >= 11 is 0. The highest BCUT2D eigenvalue weighted by molar-refractivity contribution is 5.93. The Bertz CT molecular complexity index is 1300. The molecule has 3 aromatic carbocycles. The van der Waals surface area contributed by atoms with Gasteiger partial charge in [-0.1, -0.05) is 54.6 Å². The lowest BCUT2D eigenvalue weighted by Crippen LogP contribution is -2.24. The van der Waals surface area contributed by atoms with E-state index in [9.17, 15) is 4.79 Å². The first-order valence-electron chi connectivity index (χ1n) is 11.7. The Kier molecular flexibility index (Phi) is 7.33. The fourth-order valence-electron chi connectivity index (χ4n) is 4.06. The number of carbonyl (C=O) groups is 1. The molecule has 1 heterocycles. The van der Waals surface area contributed by atoms with Crippen molar-refractivity contribution in [2.24, 2.45) is 0 Å². The number of likely N-dealkylation sites (N-methyl/N-ethyl adjacent to an activating group) is 1. The number of hydrogen-bond donors (Lipinski definition) is 0. The van der Waals surface area contributed by atoms with Crippen LogP contribution in [0.15, 0.2) is 85.2 Å². The third-order valence-corrected chi connectivity index (χ3v) is 5.95. The summed E-state index contributed by atoms with van der Waals surface area (Å²) < 4.78 is 0. The van der Waals surface area contributed by atoms with Gasteiger partial charge >= 0.3 is 0 Å². The first kappa shape index (κ1) is 23.2. The molecule has 1 aromatic heterocycles. The zero-order valence-electron chi connectivity index (χ0n) is 20.0. The third kappa shape index (κ3) is 5.31. The van der Waals surface area contributed by atoms with E-state index in [1.54, 1.807) is 17.3 Å². The molecule has 0 unspecified atom stereocenters. The molecule has 172 valence electrons. The van der Waals surface area contributed by atoms with E-state index >= 15 is 0 Å². The van der Waals surface area contributed by atoms with Crippen molar-refractivity contribution in [3.63, 3.8) is 0 Å². The lowest BCUT2D eigenvalue weighted by atomic mass is 10.0. The summed E-state index contributed by atoms with van der Waals surface area (Å²) in [5.41, 5.74) is 5.24. The summed E-state index contributed by atoms with van der Waals surface area (Å²) in [5, 5.41) is 1.05. The Morgan fingerprint density at radius 2 is 1.65 bits per heavy atom. The van der Waals surface area contributed by atoms with Crippen molar-refractivity contribution in [1.29, 1.82) is 0 Å². The van der Waals surface area contributed by atoms with E-state index in [-0.39, 0.29) is 5.91 Å².